The molecule has 0 spiro atoms. The fourth-order valence-corrected chi connectivity index (χ4v) is 3.96. The summed E-state index contributed by atoms with van der Waals surface area (Å²) in [6.07, 6.45) is 4.99. The number of imide groups is 1. The van der Waals surface area contributed by atoms with Crippen molar-refractivity contribution in [3.05, 3.63) is 70.9 Å². The van der Waals surface area contributed by atoms with Gasteiger partial charge in [0.05, 0.1) is 10.5 Å². The molecule has 0 aliphatic carbocycles. The second-order valence-electron chi connectivity index (χ2n) is 7.12. The third-order valence-corrected chi connectivity index (χ3v) is 5.54. The number of aromatic amines is 1. The Bertz CT molecular complexity index is 999. The first kappa shape index (κ1) is 18.6. The van der Waals surface area contributed by atoms with Gasteiger partial charge in [-0.3, -0.25) is 9.69 Å². The van der Waals surface area contributed by atoms with Crippen LogP contribution >= 0.6 is 11.6 Å². The molecule has 1 aromatic heterocycles. The molecule has 1 fully saturated rings. The van der Waals surface area contributed by atoms with E-state index >= 15 is 0 Å². The lowest BCUT2D eigenvalue weighted by Gasteiger charge is -2.13. The van der Waals surface area contributed by atoms with E-state index < -0.39 is 6.04 Å². The Morgan fingerprint density at radius 3 is 2.64 bits per heavy atom. The summed E-state index contributed by atoms with van der Waals surface area (Å²) in [5, 5.41) is 4.45. The molecule has 6 heteroatoms. The first-order valence-electron chi connectivity index (χ1n) is 9.54. The van der Waals surface area contributed by atoms with Gasteiger partial charge in [0.15, 0.2) is 0 Å². The van der Waals surface area contributed by atoms with Crippen LogP contribution in [0.4, 0.5) is 4.79 Å². The maximum Gasteiger partial charge on any atom is 0.324 e. The SMILES string of the molecule is O=C1N[C@H](Cc2c[nH]c3c(Cl)cccc23)C(=O)N1CCCCc1ccccc1. The topological polar surface area (TPSA) is 65.2 Å². The molecular formula is C22H22ClN3O2. The number of fused-ring (bicyclic) bond motifs is 1. The van der Waals surface area contributed by atoms with Gasteiger partial charge in [0.2, 0.25) is 0 Å². The molecule has 4 rings (SSSR count). The van der Waals surface area contributed by atoms with Crippen LogP contribution in [-0.2, 0) is 17.6 Å². The monoisotopic (exact) mass is 395 g/mol. The predicted octanol–water partition coefficient (Wildman–Crippen LogP) is 4.31. The predicted molar refractivity (Wildman–Crippen MR) is 110 cm³/mol. The zero-order valence-corrected chi connectivity index (χ0v) is 16.2. The molecule has 0 unspecified atom stereocenters. The van der Waals surface area contributed by atoms with Crippen LogP contribution in [0.3, 0.4) is 0 Å². The zero-order valence-electron chi connectivity index (χ0n) is 15.5. The second-order valence-corrected chi connectivity index (χ2v) is 7.52. The lowest BCUT2D eigenvalue weighted by molar-refractivity contribution is -0.127. The molecule has 1 aliphatic heterocycles. The van der Waals surface area contributed by atoms with Crippen molar-refractivity contribution in [2.75, 3.05) is 6.54 Å². The number of nitrogens with one attached hydrogen (secondary N) is 2. The molecule has 2 N–H and O–H groups in total. The third kappa shape index (κ3) is 3.76. The number of aryl methyl sites for hydroxylation is 1. The normalized spacial score (nSPS) is 16.8. The molecule has 0 radical (unpaired) electrons. The number of para-hydroxylation sites is 1. The Hall–Kier alpha value is -2.79. The molecule has 1 atom stereocenters. The lowest BCUT2D eigenvalue weighted by atomic mass is 10.0. The number of halogens is 1. The highest BCUT2D eigenvalue weighted by molar-refractivity contribution is 6.35. The van der Waals surface area contributed by atoms with Crippen molar-refractivity contribution in [2.45, 2.75) is 31.7 Å². The van der Waals surface area contributed by atoms with Crippen molar-refractivity contribution in [3.63, 3.8) is 0 Å². The van der Waals surface area contributed by atoms with E-state index in [1.807, 2.05) is 42.6 Å². The van der Waals surface area contributed by atoms with Gasteiger partial charge in [-0.25, -0.2) is 4.79 Å². The Morgan fingerprint density at radius 1 is 1.00 bits per heavy atom. The van der Waals surface area contributed by atoms with Gasteiger partial charge in [0, 0.05) is 24.5 Å². The zero-order chi connectivity index (χ0) is 19.5. The molecule has 1 saturated heterocycles. The number of amides is 3. The lowest BCUT2D eigenvalue weighted by Crippen LogP contribution is -2.33. The largest absolute Gasteiger partial charge is 0.360 e. The van der Waals surface area contributed by atoms with Gasteiger partial charge in [-0.2, -0.15) is 0 Å². The van der Waals surface area contributed by atoms with Gasteiger partial charge in [-0.15, -0.1) is 0 Å². The molecule has 3 aromatic rings. The third-order valence-electron chi connectivity index (χ3n) is 5.22. The van der Waals surface area contributed by atoms with Gasteiger partial charge in [0.25, 0.3) is 5.91 Å². The highest BCUT2D eigenvalue weighted by Crippen LogP contribution is 2.26. The maximum atomic E-state index is 12.7. The average molecular weight is 396 g/mol. The quantitative estimate of drug-likeness (QED) is 0.462. The summed E-state index contributed by atoms with van der Waals surface area (Å²) in [4.78, 5) is 29.5. The number of hydrogen-bond donors (Lipinski definition) is 2. The summed E-state index contributed by atoms with van der Waals surface area (Å²) in [7, 11) is 0. The molecule has 5 nitrogen and oxygen atoms in total. The highest BCUT2D eigenvalue weighted by Gasteiger charge is 2.37. The second kappa shape index (κ2) is 8.07. The molecule has 3 amide bonds. The molecule has 2 heterocycles. The maximum absolute atomic E-state index is 12.7. The number of nitrogens with zero attached hydrogens (tertiary/aromatic N) is 1. The number of hydrogen-bond acceptors (Lipinski definition) is 2. The van der Waals surface area contributed by atoms with Crippen LogP contribution in [0.5, 0.6) is 0 Å². The fraction of sp³-hybridized carbons (Fsp3) is 0.273. The van der Waals surface area contributed by atoms with E-state index in [9.17, 15) is 9.59 Å². The number of benzene rings is 2. The van der Waals surface area contributed by atoms with Gasteiger partial charge in [-0.1, -0.05) is 54.1 Å². The van der Waals surface area contributed by atoms with E-state index in [2.05, 4.69) is 22.4 Å². The van der Waals surface area contributed by atoms with E-state index in [0.29, 0.717) is 18.0 Å². The minimum Gasteiger partial charge on any atom is -0.360 e. The van der Waals surface area contributed by atoms with Crippen LogP contribution < -0.4 is 5.32 Å². The van der Waals surface area contributed by atoms with E-state index in [0.717, 1.165) is 35.7 Å². The van der Waals surface area contributed by atoms with Crippen molar-refractivity contribution in [3.8, 4) is 0 Å². The van der Waals surface area contributed by atoms with Crippen molar-refractivity contribution in [1.82, 2.24) is 15.2 Å². The number of carbonyl (C=O) groups excluding carboxylic acids is 2. The number of aromatic nitrogens is 1. The summed E-state index contributed by atoms with van der Waals surface area (Å²) < 4.78 is 0. The smallest absolute Gasteiger partial charge is 0.324 e. The van der Waals surface area contributed by atoms with Gasteiger partial charge in [-0.05, 0) is 36.5 Å². The molecule has 0 saturated carbocycles. The summed E-state index contributed by atoms with van der Waals surface area (Å²) in [6, 6.07) is 15.1. The standard InChI is InChI=1S/C22H22ClN3O2/c23-18-11-6-10-17-16(14-24-20(17)18)13-19-21(27)26(22(28)25-19)12-5-4-9-15-7-2-1-3-8-15/h1-3,6-8,10-11,14,19,24H,4-5,9,12-13H2,(H,25,28)/t19-/m1/s1. The molecule has 28 heavy (non-hydrogen) atoms. The molecule has 144 valence electrons. The van der Waals surface area contributed by atoms with Crippen molar-refractivity contribution in [1.29, 1.82) is 0 Å². The Balaban J connectivity index is 1.35. The van der Waals surface area contributed by atoms with Crippen molar-refractivity contribution in [2.24, 2.45) is 0 Å². The minimum atomic E-state index is -0.528. The minimum absolute atomic E-state index is 0.152. The first-order chi connectivity index (χ1) is 13.6. The number of H-pyrrole nitrogens is 1. The van der Waals surface area contributed by atoms with Gasteiger partial charge in [0.1, 0.15) is 6.04 Å². The van der Waals surface area contributed by atoms with Crippen LogP contribution in [0.1, 0.15) is 24.0 Å². The summed E-state index contributed by atoms with van der Waals surface area (Å²) in [5.74, 6) is -0.152. The first-order valence-corrected chi connectivity index (χ1v) is 9.91. The van der Waals surface area contributed by atoms with Crippen LogP contribution in [0.15, 0.2) is 54.7 Å². The van der Waals surface area contributed by atoms with E-state index in [4.69, 9.17) is 11.6 Å². The van der Waals surface area contributed by atoms with Crippen molar-refractivity contribution < 1.29 is 9.59 Å². The van der Waals surface area contributed by atoms with Gasteiger partial charge >= 0.3 is 6.03 Å². The number of unbranched alkanes of at least 4 members (excludes halogenated alkanes) is 1. The van der Waals surface area contributed by atoms with E-state index in [1.54, 1.807) is 0 Å². The van der Waals surface area contributed by atoms with Crippen LogP contribution in [0.25, 0.3) is 10.9 Å². The highest BCUT2D eigenvalue weighted by atomic mass is 35.5. The Morgan fingerprint density at radius 2 is 1.82 bits per heavy atom. The van der Waals surface area contributed by atoms with Crippen LogP contribution in [0, 0.1) is 0 Å². The Labute approximate surface area is 168 Å². The van der Waals surface area contributed by atoms with E-state index in [-0.39, 0.29) is 11.9 Å². The summed E-state index contributed by atoms with van der Waals surface area (Å²) in [6.45, 7) is 0.452. The Kier molecular flexibility index (Phi) is 5.35. The molecule has 2 aromatic carbocycles. The van der Waals surface area contributed by atoms with E-state index in [1.165, 1.54) is 10.5 Å². The van der Waals surface area contributed by atoms with Gasteiger partial charge < -0.3 is 10.3 Å². The summed E-state index contributed by atoms with van der Waals surface area (Å²) in [5.41, 5.74) is 3.10. The molecule has 1 aliphatic rings. The fourth-order valence-electron chi connectivity index (χ4n) is 3.73. The number of carbonyl (C=O) groups is 2. The number of rotatable bonds is 7. The molecule has 0 bridgehead atoms. The number of urea groups is 1. The van der Waals surface area contributed by atoms with Crippen LogP contribution in [0.2, 0.25) is 5.02 Å². The summed E-state index contributed by atoms with van der Waals surface area (Å²) >= 11 is 6.20. The van der Waals surface area contributed by atoms with Crippen LogP contribution in [-0.4, -0.2) is 34.4 Å². The molecular weight excluding hydrogens is 374 g/mol. The van der Waals surface area contributed by atoms with Crippen molar-refractivity contribution >= 4 is 34.4 Å². The average Bonchev–Trinajstić information content (AvgIpc) is 3.23.